The van der Waals surface area contributed by atoms with Crippen molar-refractivity contribution in [1.29, 1.82) is 0 Å². The Morgan fingerprint density at radius 2 is 1.78 bits per heavy atom. The summed E-state index contributed by atoms with van der Waals surface area (Å²) in [7, 11) is 0. The van der Waals surface area contributed by atoms with Crippen LogP contribution in [-0.4, -0.2) is 43.3 Å². The molecule has 1 aliphatic carbocycles. The molecule has 3 N–H and O–H groups in total. The lowest BCUT2D eigenvalue weighted by Gasteiger charge is -2.32. The molecule has 3 rings (SSSR count). The molecule has 0 aromatic heterocycles. The fourth-order valence-electron chi connectivity index (χ4n) is 3.94. The number of nitrogens with zero attached hydrogens (tertiary/aromatic N) is 2. The molecule has 0 spiro atoms. The summed E-state index contributed by atoms with van der Waals surface area (Å²) in [5.74, 6) is 1.42. The van der Waals surface area contributed by atoms with Crippen molar-refractivity contribution >= 4 is 35.6 Å². The lowest BCUT2D eigenvalue weighted by molar-refractivity contribution is 0.203. The van der Waals surface area contributed by atoms with E-state index in [0.29, 0.717) is 25.1 Å². The zero-order valence-electron chi connectivity index (χ0n) is 16.5. The summed E-state index contributed by atoms with van der Waals surface area (Å²) in [5.41, 5.74) is 2.52. The Bertz CT molecular complexity index is 564. The van der Waals surface area contributed by atoms with Gasteiger partial charge in [0.1, 0.15) is 0 Å². The Morgan fingerprint density at radius 3 is 2.37 bits per heavy atom. The van der Waals surface area contributed by atoms with Gasteiger partial charge in [0.2, 0.25) is 0 Å². The molecule has 0 bridgehead atoms. The zero-order valence-corrected chi connectivity index (χ0v) is 18.8. The maximum absolute atomic E-state index is 9.27. The molecule has 1 aromatic carbocycles. The van der Waals surface area contributed by atoms with E-state index in [1.54, 1.807) is 0 Å². The second-order valence-corrected chi connectivity index (χ2v) is 7.60. The van der Waals surface area contributed by atoms with Gasteiger partial charge in [0.15, 0.2) is 5.96 Å². The van der Waals surface area contributed by atoms with Crippen LogP contribution in [0.3, 0.4) is 0 Å². The molecule has 152 valence electrons. The van der Waals surface area contributed by atoms with Crippen LogP contribution in [0.25, 0.3) is 0 Å². The summed E-state index contributed by atoms with van der Waals surface area (Å²) in [6, 6.07) is 9.38. The molecule has 0 radical (unpaired) electrons. The molecule has 1 saturated heterocycles. The van der Waals surface area contributed by atoms with Gasteiger partial charge in [-0.05, 0) is 56.2 Å². The number of piperidine rings is 1. The Kier molecular flexibility index (Phi) is 9.68. The molecule has 1 heterocycles. The number of guanidine groups is 1. The molecular formula is C21H35IN4O. The quantitative estimate of drug-likeness (QED) is 0.327. The summed E-state index contributed by atoms with van der Waals surface area (Å²) in [6.45, 7) is 6.11. The van der Waals surface area contributed by atoms with Gasteiger partial charge in [0.25, 0.3) is 0 Å². The van der Waals surface area contributed by atoms with Crippen molar-refractivity contribution < 1.29 is 5.11 Å². The van der Waals surface area contributed by atoms with E-state index in [1.807, 2.05) is 0 Å². The number of anilines is 1. The van der Waals surface area contributed by atoms with Gasteiger partial charge in [-0.2, -0.15) is 0 Å². The lowest BCUT2D eigenvalue weighted by atomic mass is 9.97. The topological polar surface area (TPSA) is 59.9 Å². The molecule has 5 nitrogen and oxygen atoms in total. The van der Waals surface area contributed by atoms with Crippen molar-refractivity contribution in [2.24, 2.45) is 10.9 Å². The van der Waals surface area contributed by atoms with Gasteiger partial charge in [-0.1, -0.05) is 25.0 Å². The van der Waals surface area contributed by atoms with Gasteiger partial charge < -0.3 is 20.6 Å². The average Bonchev–Trinajstić information content (AvgIpc) is 3.20. The van der Waals surface area contributed by atoms with Crippen LogP contribution in [0.1, 0.15) is 51.0 Å². The molecule has 1 aliphatic heterocycles. The first-order valence-corrected chi connectivity index (χ1v) is 10.3. The number of aliphatic hydroxyl groups is 1. The Morgan fingerprint density at radius 1 is 1.11 bits per heavy atom. The van der Waals surface area contributed by atoms with E-state index < -0.39 is 0 Å². The number of hydrogen-bond acceptors (Lipinski definition) is 3. The number of nitrogens with one attached hydrogen (secondary N) is 2. The van der Waals surface area contributed by atoms with Gasteiger partial charge in [0.05, 0.1) is 6.54 Å². The largest absolute Gasteiger partial charge is 0.396 e. The van der Waals surface area contributed by atoms with Crippen molar-refractivity contribution in [2.75, 3.05) is 31.1 Å². The summed E-state index contributed by atoms with van der Waals surface area (Å²) in [6.07, 6.45) is 7.34. The number of benzene rings is 1. The van der Waals surface area contributed by atoms with Crippen molar-refractivity contribution in [2.45, 2.75) is 58.0 Å². The fourth-order valence-corrected chi connectivity index (χ4v) is 3.94. The normalized spacial score (nSPS) is 19.0. The third-order valence-electron chi connectivity index (χ3n) is 5.63. The average molecular weight is 486 g/mol. The number of aliphatic imine (C=N–C) groups is 1. The minimum Gasteiger partial charge on any atom is -0.396 e. The second-order valence-electron chi connectivity index (χ2n) is 7.60. The van der Waals surface area contributed by atoms with Crippen molar-refractivity contribution in [3.63, 3.8) is 0 Å². The summed E-state index contributed by atoms with van der Waals surface area (Å²) in [4.78, 5) is 7.18. The molecule has 0 unspecified atom stereocenters. The van der Waals surface area contributed by atoms with Crippen molar-refractivity contribution in [1.82, 2.24) is 10.6 Å². The highest BCUT2D eigenvalue weighted by atomic mass is 127. The predicted octanol–water partition coefficient (Wildman–Crippen LogP) is 3.51. The first kappa shape index (κ1) is 22.3. The molecule has 27 heavy (non-hydrogen) atoms. The third kappa shape index (κ3) is 6.82. The number of aliphatic hydroxyl groups excluding tert-OH is 1. The van der Waals surface area contributed by atoms with Gasteiger partial charge in [-0.15, -0.1) is 24.0 Å². The van der Waals surface area contributed by atoms with E-state index in [-0.39, 0.29) is 24.0 Å². The fraction of sp³-hybridized carbons (Fsp3) is 0.667. The summed E-state index contributed by atoms with van der Waals surface area (Å²) < 4.78 is 0. The van der Waals surface area contributed by atoms with Crippen LogP contribution in [0, 0.1) is 5.92 Å². The standard InChI is InChI=1S/C21H34N4O.HI/c1-2-22-21(24-19-5-3-4-6-19)23-15-17-7-9-20(10-8-17)25-13-11-18(16-26)12-14-25;/h7-10,18-19,26H,2-6,11-16H2,1H3,(H2,22,23,24);1H. The van der Waals surface area contributed by atoms with E-state index >= 15 is 0 Å². The number of hydrogen-bond donors (Lipinski definition) is 3. The van der Waals surface area contributed by atoms with E-state index in [1.165, 1.54) is 36.9 Å². The monoisotopic (exact) mass is 486 g/mol. The Hall–Kier alpha value is -1.02. The van der Waals surface area contributed by atoms with Crippen molar-refractivity contribution in [3.05, 3.63) is 29.8 Å². The maximum Gasteiger partial charge on any atom is 0.191 e. The number of halogens is 1. The predicted molar refractivity (Wildman–Crippen MR) is 124 cm³/mol. The van der Waals surface area contributed by atoms with E-state index in [2.05, 4.69) is 46.7 Å². The summed E-state index contributed by atoms with van der Waals surface area (Å²) in [5, 5.41) is 16.2. The molecule has 2 aliphatic rings. The highest BCUT2D eigenvalue weighted by molar-refractivity contribution is 14.0. The lowest BCUT2D eigenvalue weighted by Crippen LogP contribution is -2.42. The van der Waals surface area contributed by atoms with Crippen LogP contribution in [0.4, 0.5) is 5.69 Å². The van der Waals surface area contributed by atoms with Gasteiger partial charge in [-0.25, -0.2) is 4.99 Å². The molecular weight excluding hydrogens is 451 g/mol. The van der Waals surface area contributed by atoms with Crippen molar-refractivity contribution in [3.8, 4) is 0 Å². The highest BCUT2D eigenvalue weighted by Gasteiger charge is 2.18. The molecule has 0 atom stereocenters. The van der Waals surface area contributed by atoms with Gasteiger partial charge >= 0.3 is 0 Å². The van der Waals surface area contributed by atoms with Crippen LogP contribution in [-0.2, 0) is 6.54 Å². The second kappa shape index (κ2) is 11.7. The van der Waals surface area contributed by atoms with Crippen LogP contribution in [0.5, 0.6) is 0 Å². The van der Waals surface area contributed by atoms with Crippen LogP contribution >= 0.6 is 24.0 Å². The third-order valence-corrected chi connectivity index (χ3v) is 5.63. The Labute approximate surface area is 181 Å². The van der Waals surface area contributed by atoms with E-state index in [0.717, 1.165) is 38.4 Å². The smallest absolute Gasteiger partial charge is 0.191 e. The number of rotatable bonds is 6. The minimum absolute atomic E-state index is 0. The first-order valence-electron chi connectivity index (χ1n) is 10.3. The van der Waals surface area contributed by atoms with Gasteiger partial charge in [0, 0.05) is 38.0 Å². The first-order chi connectivity index (χ1) is 12.8. The van der Waals surface area contributed by atoms with Gasteiger partial charge in [-0.3, -0.25) is 0 Å². The van der Waals surface area contributed by atoms with E-state index in [4.69, 9.17) is 4.99 Å². The molecule has 1 aromatic rings. The SMILES string of the molecule is CCNC(=NCc1ccc(N2CCC(CO)CC2)cc1)NC1CCCC1.I. The molecule has 6 heteroatoms. The zero-order chi connectivity index (χ0) is 18.2. The minimum atomic E-state index is 0. The highest BCUT2D eigenvalue weighted by Crippen LogP contribution is 2.23. The molecule has 1 saturated carbocycles. The maximum atomic E-state index is 9.27. The summed E-state index contributed by atoms with van der Waals surface area (Å²) >= 11 is 0. The van der Waals surface area contributed by atoms with Crippen LogP contribution in [0.2, 0.25) is 0 Å². The van der Waals surface area contributed by atoms with E-state index in [9.17, 15) is 5.11 Å². The van der Waals surface area contributed by atoms with Crippen LogP contribution < -0.4 is 15.5 Å². The molecule has 0 amide bonds. The molecule has 2 fully saturated rings. The Balaban J connectivity index is 0.00000261. The van der Waals surface area contributed by atoms with Crippen LogP contribution in [0.15, 0.2) is 29.3 Å².